The molecule has 5 nitrogen and oxygen atoms in total. The van der Waals surface area contributed by atoms with Gasteiger partial charge in [-0.1, -0.05) is 32.8 Å². The van der Waals surface area contributed by atoms with Crippen LogP contribution in [-0.2, 0) is 9.59 Å². The Kier molecular flexibility index (Phi) is 8.90. The van der Waals surface area contributed by atoms with Gasteiger partial charge < -0.3 is 16.0 Å². The lowest BCUT2D eigenvalue weighted by molar-refractivity contribution is -0.119. The Bertz CT molecular complexity index is 546. The highest BCUT2D eigenvalue weighted by atomic mass is 32.1. The van der Waals surface area contributed by atoms with E-state index in [2.05, 4.69) is 16.0 Å². The predicted octanol–water partition coefficient (Wildman–Crippen LogP) is 3.82. The highest BCUT2D eigenvalue weighted by molar-refractivity contribution is 7.80. The summed E-state index contributed by atoms with van der Waals surface area (Å²) in [5, 5.41) is 8.71. The summed E-state index contributed by atoms with van der Waals surface area (Å²) in [6.07, 6.45) is 4.64. The van der Waals surface area contributed by atoms with Crippen LogP contribution in [0.5, 0.6) is 0 Å². The molecular weight excluding hydrogens is 310 g/mol. The molecule has 0 unspecified atom stereocenters. The highest BCUT2D eigenvalue weighted by Gasteiger charge is 2.06. The third-order valence-corrected chi connectivity index (χ3v) is 3.38. The van der Waals surface area contributed by atoms with Gasteiger partial charge in [-0.15, -0.1) is 0 Å². The number of amides is 2. The van der Waals surface area contributed by atoms with Gasteiger partial charge in [0.1, 0.15) is 0 Å². The maximum Gasteiger partial charge on any atom is 0.226 e. The highest BCUT2D eigenvalue weighted by Crippen LogP contribution is 2.15. The molecule has 6 heteroatoms. The Hall–Kier alpha value is -1.95. The van der Waals surface area contributed by atoms with E-state index in [-0.39, 0.29) is 16.9 Å². The van der Waals surface area contributed by atoms with Crippen molar-refractivity contribution in [2.75, 3.05) is 10.6 Å². The van der Waals surface area contributed by atoms with Crippen LogP contribution in [0.2, 0.25) is 0 Å². The summed E-state index contributed by atoms with van der Waals surface area (Å²) < 4.78 is 0. The zero-order chi connectivity index (χ0) is 17.1. The molecule has 0 saturated heterocycles. The first kappa shape index (κ1) is 19.1. The second-order valence-electron chi connectivity index (χ2n) is 5.34. The van der Waals surface area contributed by atoms with Crippen LogP contribution in [0.15, 0.2) is 24.3 Å². The van der Waals surface area contributed by atoms with E-state index in [9.17, 15) is 9.59 Å². The summed E-state index contributed by atoms with van der Waals surface area (Å²) in [5.41, 5.74) is 1.43. The summed E-state index contributed by atoms with van der Waals surface area (Å²) in [7, 11) is 0. The van der Waals surface area contributed by atoms with Crippen molar-refractivity contribution >= 4 is 40.5 Å². The molecule has 0 aliphatic heterocycles. The molecular formula is C17H25N3O2S. The number of hydrogen-bond acceptors (Lipinski definition) is 3. The molecule has 0 aromatic heterocycles. The molecule has 126 valence electrons. The third kappa shape index (κ3) is 8.30. The van der Waals surface area contributed by atoms with Gasteiger partial charge in [-0.25, -0.2) is 0 Å². The number of thiocarbonyl (C=S) groups is 1. The molecule has 0 heterocycles. The summed E-state index contributed by atoms with van der Waals surface area (Å²) in [5.74, 6) is -0.0900. The van der Waals surface area contributed by atoms with E-state index in [4.69, 9.17) is 12.2 Å². The number of hydrogen-bond donors (Lipinski definition) is 3. The number of carbonyl (C=O) groups is 2. The van der Waals surface area contributed by atoms with Crippen molar-refractivity contribution in [2.24, 2.45) is 0 Å². The van der Waals surface area contributed by atoms with Gasteiger partial charge in [-0.2, -0.15) is 0 Å². The zero-order valence-electron chi connectivity index (χ0n) is 13.8. The molecule has 0 bridgehead atoms. The summed E-state index contributed by atoms with van der Waals surface area (Å²) in [6.45, 7) is 4.08. The molecule has 0 aliphatic carbocycles. The molecule has 0 fully saturated rings. The van der Waals surface area contributed by atoms with Crippen molar-refractivity contribution in [1.82, 2.24) is 5.32 Å². The van der Waals surface area contributed by atoms with Gasteiger partial charge >= 0.3 is 0 Å². The molecule has 0 saturated carbocycles. The van der Waals surface area contributed by atoms with E-state index >= 15 is 0 Å². The van der Waals surface area contributed by atoms with Crippen molar-refractivity contribution in [2.45, 2.75) is 52.4 Å². The number of benzene rings is 1. The van der Waals surface area contributed by atoms with E-state index in [0.29, 0.717) is 18.5 Å². The van der Waals surface area contributed by atoms with E-state index in [1.807, 2.05) is 32.0 Å². The molecule has 1 rings (SSSR count). The molecule has 1 aromatic carbocycles. The molecule has 23 heavy (non-hydrogen) atoms. The van der Waals surface area contributed by atoms with E-state index < -0.39 is 0 Å². The second kappa shape index (κ2) is 10.7. The Morgan fingerprint density at radius 1 is 0.957 bits per heavy atom. The van der Waals surface area contributed by atoms with Crippen LogP contribution in [0.4, 0.5) is 11.4 Å². The Morgan fingerprint density at radius 3 is 2.13 bits per heavy atom. The first-order valence-corrected chi connectivity index (χ1v) is 8.46. The minimum absolute atomic E-state index is 0.000514. The molecule has 0 aliphatic rings. The smallest absolute Gasteiger partial charge is 0.226 e. The Labute approximate surface area is 143 Å². The number of rotatable bonds is 8. The van der Waals surface area contributed by atoms with Crippen LogP contribution < -0.4 is 16.0 Å². The molecule has 0 radical (unpaired) electrons. The van der Waals surface area contributed by atoms with Gasteiger partial charge in [-0.05, 0) is 43.3 Å². The van der Waals surface area contributed by atoms with Crippen LogP contribution in [-0.4, -0.2) is 16.9 Å². The minimum Gasteiger partial charge on any atom is -0.332 e. The minimum atomic E-state index is -0.0895. The van der Waals surface area contributed by atoms with E-state index in [1.165, 1.54) is 0 Å². The number of nitrogens with one attached hydrogen (secondary N) is 3. The van der Waals surface area contributed by atoms with Crippen LogP contribution in [0.3, 0.4) is 0 Å². The lowest BCUT2D eigenvalue weighted by Gasteiger charge is -2.11. The van der Waals surface area contributed by atoms with Gasteiger partial charge in [0.25, 0.3) is 0 Å². The lowest BCUT2D eigenvalue weighted by atomic mass is 10.2. The first-order valence-electron chi connectivity index (χ1n) is 8.06. The standard InChI is InChI=1S/C17H25N3O2S/c1-3-5-10-15(21)18-13-8-7-9-14(12-13)19-17(23)20-16(22)11-6-4-2/h7-9,12H,3-6,10-11H2,1-2H3,(H,18,21)(H2,19,20,22,23). The number of carbonyl (C=O) groups excluding carboxylic acids is 2. The van der Waals surface area contributed by atoms with Crippen molar-refractivity contribution < 1.29 is 9.59 Å². The van der Waals surface area contributed by atoms with Crippen LogP contribution in [0.1, 0.15) is 52.4 Å². The van der Waals surface area contributed by atoms with Gasteiger partial charge in [0.2, 0.25) is 11.8 Å². The number of anilines is 2. The molecule has 0 spiro atoms. The van der Waals surface area contributed by atoms with Gasteiger partial charge in [0.15, 0.2) is 5.11 Å². The van der Waals surface area contributed by atoms with Crippen LogP contribution in [0.25, 0.3) is 0 Å². The maximum absolute atomic E-state index is 11.7. The monoisotopic (exact) mass is 335 g/mol. The maximum atomic E-state index is 11.7. The molecule has 2 amide bonds. The fourth-order valence-electron chi connectivity index (χ4n) is 1.92. The predicted molar refractivity (Wildman–Crippen MR) is 98.5 cm³/mol. The van der Waals surface area contributed by atoms with Crippen molar-refractivity contribution in [1.29, 1.82) is 0 Å². The average Bonchev–Trinajstić information content (AvgIpc) is 2.51. The SMILES string of the molecule is CCCCC(=O)NC(=S)Nc1cccc(NC(=O)CCCC)c1. The fraction of sp³-hybridized carbons (Fsp3) is 0.471. The van der Waals surface area contributed by atoms with Crippen LogP contribution in [0, 0.1) is 0 Å². The average molecular weight is 335 g/mol. The molecule has 1 aromatic rings. The van der Waals surface area contributed by atoms with Crippen molar-refractivity contribution in [3.05, 3.63) is 24.3 Å². The number of unbranched alkanes of at least 4 members (excludes halogenated alkanes) is 2. The zero-order valence-corrected chi connectivity index (χ0v) is 14.6. The summed E-state index contributed by atoms with van der Waals surface area (Å²) in [6, 6.07) is 7.25. The van der Waals surface area contributed by atoms with Gasteiger partial charge in [0.05, 0.1) is 0 Å². The van der Waals surface area contributed by atoms with Crippen molar-refractivity contribution in [3.63, 3.8) is 0 Å². The third-order valence-electron chi connectivity index (χ3n) is 3.17. The topological polar surface area (TPSA) is 70.2 Å². The quantitative estimate of drug-likeness (QED) is 0.632. The summed E-state index contributed by atoms with van der Waals surface area (Å²) >= 11 is 5.12. The lowest BCUT2D eigenvalue weighted by Crippen LogP contribution is -2.33. The first-order chi connectivity index (χ1) is 11.0. The van der Waals surface area contributed by atoms with E-state index in [1.54, 1.807) is 6.07 Å². The molecule has 0 atom stereocenters. The van der Waals surface area contributed by atoms with E-state index in [0.717, 1.165) is 31.4 Å². The summed E-state index contributed by atoms with van der Waals surface area (Å²) in [4.78, 5) is 23.4. The second-order valence-corrected chi connectivity index (χ2v) is 5.75. The van der Waals surface area contributed by atoms with Crippen LogP contribution >= 0.6 is 12.2 Å². The largest absolute Gasteiger partial charge is 0.332 e. The van der Waals surface area contributed by atoms with Gasteiger partial charge in [0, 0.05) is 24.2 Å². The Morgan fingerprint density at radius 2 is 1.52 bits per heavy atom. The fourth-order valence-corrected chi connectivity index (χ4v) is 2.16. The van der Waals surface area contributed by atoms with Gasteiger partial charge in [-0.3, -0.25) is 9.59 Å². The Balaban J connectivity index is 2.51. The molecule has 3 N–H and O–H groups in total. The normalized spacial score (nSPS) is 10.0. The van der Waals surface area contributed by atoms with Crippen molar-refractivity contribution in [3.8, 4) is 0 Å².